The Morgan fingerprint density at radius 2 is 1.93 bits per heavy atom. The molecule has 0 bridgehead atoms. The Kier molecular flexibility index (Phi) is 3.45. The SMILES string of the molecule is Oc1ccc2c(c1)Oc1ncn3nc(-c4cccs4)nc3c1C2c1ccccc1. The average molecular weight is 398 g/mol. The first-order valence-corrected chi connectivity index (χ1v) is 10.0. The molecule has 2 aromatic carbocycles. The van der Waals surface area contributed by atoms with E-state index < -0.39 is 0 Å². The van der Waals surface area contributed by atoms with Crippen LogP contribution in [-0.2, 0) is 0 Å². The van der Waals surface area contributed by atoms with E-state index in [4.69, 9.17) is 9.72 Å². The fourth-order valence-corrected chi connectivity index (χ4v) is 4.46. The molecule has 1 N–H and O–H groups in total. The predicted molar refractivity (Wildman–Crippen MR) is 110 cm³/mol. The maximum absolute atomic E-state index is 9.95. The summed E-state index contributed by atoms with van der Waals surface area (Å²) < 4.78 is 7.78. The van der Waals surface area contributed by atoms with E-state index in [1.165, 1.54) is 0 Å². The maximum Gasteiger partial charge on any atom is 0.228 e. The van der Waals surface area contributed by atoms with Crippen molar-refractivity contribution in [2.75, 3.05) is 0 Å². The summed E-state index contributed by atoms with van der Waals surface area (Å²) >= 11 is 1.60. The lowest BCUT2D eigenvalue weighted by Crippen LogP contribution is -2.14. The maximum atomic E-state index is 9.95. The summed E-state index contributed by atoms with van der Waals surface area (Å²) in [5.74, 6) is 1.77. The van der Waals surface area contributed by atoms with Gasteiger partial charge < -0.3 is 9.84 Å². The molecule has 1 aliphatic rings. The van der Waals surface area contributed by atoms with E-state index >= 15 is 0 Å². The van der Waals surface area contributed by atoms with Crippen LogP contribution in [0.1, 0.15) is 22.6 Å². The number of aromatic hydroxyl groups is 1. The molecule has 3 aromatic heterocycles. The van der Waals surface area contributed by atoms with Gasteiger partial charge in [0.15, 0.2) is 11.5 Å². The van der Waals surface area contributed by atoms with Crippen molar-refractivity contribution >= 4 is 17.0 Å². The third-order valence-corrected chi connectivity index (χ3v) is 5.93. The molecule has 1 unspecified atom stereocenters. The van der Waals surface area contributed by atoms with Gasteiger partial charge in [0.05, 0.1) is 10.4 Å². The lowest BCUT2D eigenvalue weighted by atomic mass is 9.84. The van der Waals surface area contributed by atoms with E-state index in [1.54, 1.807) is 34.3 Å². The number of phenols is 1. The Morgan fingerprint density at radius 3 is 2.76 bits per heavy atom. The van der Waals surface area contributed by atoms with Crippen molar-refractivity contribution in [3.63, 3.8) is 0 Å². The standard InChI is InChI=1S/C22H14N4O2S/c27-14-8-9-15-16(11-14)28-22-19(18(15)13-5-2-1-3-6-13)21-24-20(17-7-4-10-29-17)25-26(21)12-23-22/h1-12,18,27H. The zero-order chi connectivity index (χ0) is 19.4. The van der Waals surface area contributed by atoms with Crippen molar-refractivity contribution < 1.29 is 9.84 Å². The molecule has 0 fully saturated rings. The Hall–Kier alpha value is -3.71. The molecule has 6 nitrogen and oxygen atoms in total. The Morgan fingerprint density at radius 1 is 1.03 bits per heavy atom. The van der Waals surface area contributed by atoms with Gasteiger partial charge >= 0.3 is 0 Å². The van der Waals surface area contributed by atoms with Gasteiger partial charge in [-0.05, 0) is 23.1 Å². The third-order valence-electron chi connectivity index (χ3n) is 5.06. The van der Waals surface area contributed by atoms with Crippen LogP contribution in [0.15, 0.2) is 72.4 Å². The first-order valence-electron chi connectivity index (χ1n) is 9.13. The fraction of sp³-hybridized carbons (Fsp3) is 0.0455. The average Bonchev–Trinajstić information content (AvgIpc) is 3.42. The van der Waals surface area contributed by atoms with Crippen LogP contribution in [0.25, 0.3) is 16.3 Å². The highest BCUT2D eigenvalue weighted by Gasteiger charge is 2.33. The molecule has 1 atom stereocenters. The molecular formula is C22H14N4O2S. The van der Waals surface area contributed by atoms with E-state index in [0.717, 1.165) is 21.6 Å². The van der Waals surface area contributed by atoms with Gasteiger partial charge in [0.25, 0.3) is 0 Å². The van der Waals surface area contributed by atoms with Crippen LogP contribution in [0.4, 0.5) is 0 Å². The van der Waals surface area contributed by atoms with E-state index in [2.05, 4.69) is 22.2 Å². The smallest absolute Gasteiger partial charge is 0.228 e. The van der Waals surface area contributed by atoms with Crippen molar-refractivity contribution in [3.05, 3.63) is 89.1 Å². The molecular weight excluding hydrogens is 384 g/mol. The molecule has 140 valence electrons. The fourth-order valence-electron chi connectivity index (χ4n) is 3.81. The van der Waals surface area contributed by atoms with Gasteiger partial charge in [-0.3, -0.25) is 0 Å². The normalized spacial score (nSPS) is 15.0. The number of benzene rings is 2. The van der Waals surface area contributed by atoms with Crippen LogP contribution in [-0.4, -0.2) is 24.7 Å². The van der Waals surface area contributed by atoms with E-state index in [0.29, 0.717) is 23.1 Å². The van der Waals surface area contributed by atoms with Crippen LogP contribution >= 0.6 is 11.3 Å². The van der Waals surface area contributed by atoms with E-state index in [9.17, 15) is 5.11 Å². The van der Waals surface area contributed by atoms with Crippen molar-refractivity contribution in [1.82, 2.24) is 19.6 Å². The summed E-state index contributed by atoms with van der Waals surface area (Å²) in [5, 5.41) is 16.6. The summed E-state index contributed by atoms with van der Waals surface area (Å²) in [6.45, 7) is 0. The first-order chi connectivity index (χ1) is 14.3. The number of thiophene rings is 1. The van der Waals surface area contributed by atoms with Gasteiger partial charge in [0.1, 0.15) is 17.8 Å². The van der Waals surface area contributed by atoms with E-state index in [-0.39, 0.29) is 11.7 Å². The molecule has 0 saturated heterocycles. The zero-order valence-electron chi connectivity index (χ0n) is 15.1. The van der Waals surface area contributed by atoms with Gasteiger partial charge in [-0.2, -0.15) is 0 Å². The van der Waals surface area contributed by atoms with E-state index in [1.807, 2.05) is 41.8 Å². The number of nitrogens with zero attached hydrogens (tertiary/aromatic N) is 4. The molecule has 6 rings (SSSR count). The van der Waals surface area contributed by atoms with Gasteiger partial charge in [-0.1, -0.05) is 42.5 Å². The number of ether oxygens (including phenoxy) is 1. The molecule has 0 amide bonds. The molecule has 1 aliphatic heterocycles. The minimum atomic E-state index is -0.132. The second kappa shape index (κ2) is 6.15. The lowest BCUT2D eigenvalue weighted by Gasteiger charge is -2.27. The van der Waals surface area contributed by atoms with Crippen LogP contribution < -0.4 is 4.74 Å². The van der Waals surface area contributed by atoms with Gasteiger partial charge in [-0.15, -0.1) is 16.4 Å². The Labute approximate surface area is 169 Å². The highest BCUT2D eigenvalue weighted by atomic mass is 32.1. The van der Waals surface area contributed by atoms with Crippen LogP contribution in [0.5, 0.6) is 17.4 Å². The zero-order valence-corrected chi connectivity index (χ0v) is 15.9. The highest BCUT2D eigenvalue weighted by molar-refractivity contribution is 7.13. The predicted octanol–water partition coefficient (Wildman–Crippen LogP) is 4.84. The molecule has 0 aliphatic carbocycles. The Bertz CT molecular complexity index is 1350. The number of hydrogen-bond donors (Lipinski definition) is 1. The second-order valence-electron chi connectivity index (χ2n) is 6.81. The molecule has 29 heavy (non-hydrogen) atoms. The second-order valence-corrected chi connectivity index (χ2v) is 7.76. The molecule has 0 spiro atoms. The lowest BCUT2D eigenvalue weighted by molar-refractivity contribution is 0.422. The molecule has 0 radical (unpaired) electrons. The molecule has 7 heteroatoms. The first kappa shape index (κ1) is 16.3. The number of rotatable bonds is 2. The monoisotopic (exact) mass is 398 g/mol. The summed E-state index contributed by atoms with van der Waals surface area (Å²) in [6.07, 6.45) is 1.62. The Balaban J connectivity index is 1.64. The molecule has 5 aromatic rings. The largest absolute Gasteiger partial charge is 0.508 e. The van der Waals surface area contributed by atoms with Crippen molar-refractivity contribution in [2.45, 2.75) is 5.92 Å². The summed E-state index contributed by atoms with van der Waals surface area (Å²) in [6, 6.07) is 19.4. The third kappa shape index (κ3) is 2.51. The number of phenolic OH excluding ortho intramolecular Hbond substituents is 1. The number of fused-ring (bicyclic) bond motifs is 4. The minimum Gasteiger partial charge on any atom is -0.508 e. The van der Waals surface area contributed by atoms with Crippen LogP contribution in [0, 0.1) is 0 Å². The highest BCUT2D eigenvalue weighted by Crippen LogP contribution is 2.48. The minimum absolute atomic E-state index is 0.132. The quantitative estimate of drug-likeness (QED) is 0.452. The van der Waals surface area contributed by atoms with Crippen molar-refractivity contribution in [1.29, 1.82) is 0 Å². The number of hydrogen-bond acceptors (Lipinski definition) is 6. The molecule has 4 heterocycles. The van der Waals surface area contributed by atoms with Gasteiger partial charge in [0, 0.05) is 17.5 Å². The van der Waals surface area contributed by atoms with Crippen LogP contribution in [0.2, 0.25) is 0 Å². The summed E-state index contributed by atoms with van der Waals surface area (Å²) in [4.78, 5) is 10.3. The topological polar surface area (TPSA) is 72.5 Å². The summed E-state index contributed by atoms with van der Waals surface area (Å²) in [5.41, 5.74) is 3.63. The van der Waals surface area contributed by atoms with Gasteiger partial charge in [0.2, 0.25) is 5.88 Å². The summed E-state index contributed by atoms with van der Waals surface area (Å²) in [7, 11) is 0. The number of aromatic nitrogens is 4. The van der Waals surface area contributed by atoms with Gasteiger partial charge in [-0.25, -0.2) is 14.5 Å². The van der Waals surface area contributed by atoms with Crippen molar-refractivity contribution in [2.24, 2.45) is 0 Å². The van der Waals surface area contributed by atoms with Crippen LogP contribution in [0.3, 0.4) is 0 Å². The molecule has 0 saturated carbocycles. The van der Waals surface area contributed by atoms with Crippen molar-refractivity contribution in [3.8, 4) is 28.1 Å².